The molecule has 0 aromatic heterocycles. The van der Waals surface area contributed by atoms with Crippen molar-refractivity contribution in [3.8, 4) is 5.75 Å². The molecule has 1 N–H and O–H groups in total. The van der Waals surface area contributed by atoms with Crippen LogP contribution in [0.4, 0.5) is 0 Å². The summed E-state index contributed by atoms with van der Waals surface area (Å²) in [7, 11) is 0. The Morgan fingerprint density at radius 3 is 2.45 bits per heavy atom. The van der Waals surface area contributed by atoms with E-state index in [2.05, 4.69) is 0 Å². The van der Waals surface area contributed by atoms with Crippen molar-refractivity contribution < 1.29 is 19.4 Å². The number of rotatable bonds is 3. The van der Waals surface area contributed by atoms with Crippen molar-refractivity contribution in [3.63, 3.8) is 0 Å². The van der Waals surface area contributed by atoms with E-state index in [0.717, 1.165) is 0 Å². The van der Waals surface area contributed by atoms with Crippen molar-refractivity contribution in [2.75, 3.05) is 6.61 Å². The smallest absolute Gasteiger partial charge is 0.354 e. The molecule has 0 fully saturated rings. The Balaban J connectivity index is 2.22. The van der Waals surface area contributed by atoms with Gasteiger partial charge >= 0.3 is 5.97 Å². The fraction of sp³-hybridized carbons (Fsp3) is 0.278. The second-order valence-corrected chi connectivity index (χ2v) is 5.43. The van der Waals surface area contributed by atoms with Crippen molar-refractivity contribution in [1.29, 1.82) is 0 Å². The zero-order valence-corrected chi connectivity index (χ0v) is 12.6. The lowest BCUT2D eigenvalue weighted by Gasteiger charge is -2.36. The maximum absolute atomic E-state index is 12.5. The van der Waals surface area contributed by atoms with Crippen molar-refractivity contribution in [1.82, 2.24) is 0 Å². The minimum Gasteiger partial charge on any atom is -0.472 e. The fourth-order valence-electron chi connectivity index (χ4n) is 2.97. The lowest BCUT2D eigenvalue weighted by molar-refractivity contribution is -0.175. The summed E-state index contributed by atoms with van der Waals surface area (Å²) in [6.07, 6.45) is 0. The SMILES string of the molecule is CCOC(=O)[C@]1(C)Oc2ccccc2[C@]1(O)c1ccccc1. The van der Waals surface area contributed by atoms with Crippen LogP contribution in [-0.2, 0) is 15.1 Å². The van der Waals surface area contributed by atoms with Gasteiger partial charge in [-0.2, -0.15) is 0 Å². The molecule has 0 spiro atoms. The number of ether oxygens (including phenoxy) is 2. The first-order chi connectivity index (χ1) is 10.5. The van der Waals surface area contributed by atoms with E-state index in [1.54, 1.807) is 44.2 Å². The Morgan fingerprint density at radius 1 is 1.14 bits per heavy atom. The van der Waals surface area contributed by atoms with Gasteiger partial charge in [0.05, 0.1) is 6.61 Å². The Morgan fingerprint density at radius 2 is 1.77 bits per heavy atom. The van der Waals surface area contributed by atoms with Crippen molar-refractivity contribution in [3.05, 3.63) is 65.7 Å². The lowest BCUT2D eigenvalue weighted by Crippen LogP contribution is -2.56. The molecular formula is C18H18O4. The molecule has 1 aliphatic rings. The van der Waals surface area contributed by atoms with Crippen LogP contribution in [-0.4, -0.2) is 23.3 Å². The standard InChI is InChI=1S/C18H18O4/c1-3-21-16(19)17(2)18(20,13-9-5-4-6-10-13)14-11-7-8-12-15(14)22-17/h4-12,20H,3H2,1-2H3/t17-,18+/m0/s1. The second-order valence-electron chi connectivity index (χ2n) is 5.43. The Kier molecular flexibility index (Phi) is 3.41. The van der Waals surface area contributed by atoms with Crippen LogP contribution >= 0.6 is 0 Å². The highest BCUT2D eigenvalue weighted by Gasteiger charge is 2.63. The maximum Gasteiger partial charge on any atom is 0.354 e. The molecule has 0 aliphatic carbocycles. The van der Waals surface area contributed by atoms with Crippen molar-refractivity contribution in [2.45, 2.75) is 25.0 Å². The molecule has 0 unspecified atom stereocenters. The number of hydrogen-bond acceptors (Lipinski definition) is 4. The van der Waals surface area contributed by atoms with Gasteiger partial charge in [-0.25, -0.2) is 4.79 Å². The molecule has 0 saturated carbocycles. The van der Waals surface area contributed by atoms with Gasteiger partial charge in [0.1, 0.15) is 5.75 Å². The lowest BCUT2D eigenvalue weighted by atomic mass is 9.75. The molecule has 0 radical (unpaired) electrons. The largest absolute Gasteiger partial charge is 0.472 e. The predicted octanol–water partition coefficient (Wildman–Crippen LogP) is 2.64. The van der Waals surface area contributed by atoms with Crippen molar-refractivity contribution in [2.24, 2.45) is 0 Å². The summed E-state index contributed by atoms with van der Waals surface area (Å²) in [5.41, 5.74) is -1.97. The third kappa shape index (κ3) is 1.84. The normalized spacial score (nSPS) is 26.1. The minimum atomic E-state index is -1.60. The van der Waals surface area contributed by atoms with Gasteiger partial charge in [-0.3, -0.25) is 0 Å². The Labute approximate surface area is 129 Å². The molecule has 2 aromatic rings. The number of benzene rings is 2. The summed E-state index contributed by atoms with van der Waals surface area (Å²) < 4.78 is 11.0. The van der Waals surface area contributed by atoms with Gasteiger partial charge < -0.3 is 14.6 Å². The molecule has 4 nitrogen and oxygen atoms in total. The van der Waals surface area contributed by atoms with E-state index in [9.17, 15) is 9.90 Å². The average molecular weight is 298 g/mol. The number of aliphatic hydroxyl groups is 1. The van der Waals surface area contributed by atoms with Crippen LogP contribution in [0.25, 0.3) is 0 Å². The van der Waals surface area contributed by atoms with Gasteiger partial charge in [-0.15, -0.1) is 0 Å². The van der Waals surface area contributed by atoms with Crippen LogP contribution in [0.15, 0.2) is 54.6 Å². The van der Waals surface area contributed by atoms with Gasteiger partial charge in [0.2, 0.25) is 5.60 Å². The summed E-state index contributed by atoms with van der Waals surface area (Å²) in [5, 5.41) is 11.5. The Bertz CT molecular complexity index is 697. The van der Waals surface area contributed by atoms with E-state index in [4.69, 9.17) is 9.47 Å². The van der Waals surface area contributed by atoms with Gasteiger partial charge in [-0.05, 0) is 25.5 Å². The van der Waals surface area contributed by atoms with E-state index < -0.39 is 17.2 Å². The van der Waals surface area contributed by atoms with Crippen molar-refractivity contribution >= 4 is 5.97 Å². The molecular weight excluding hydrogens is 280 g/mol. The summed E-state index contributed by atoms with van der Waals surface area (Å²) in [6.45, 7) is 3.52. The highest BCUT2D eigenvalue weighted by Crippen LogP contribution is 2.51. The number of hydrogen-bond donors (Lipinski definition) is 1. The summed E-state index contributed by atoms with van der Waals surface area (Å²) in [6, 6.07) is 16.2. The zero-order valence-electron chi connectivity index (χ0n) is 12.6. The third-order valence-electron chi connectivity index (χ3n) is 4.14. The molecule has 2 atom stereocenters. The number of esters is 1. The Hall–Kier alpha value is -2.33. The van der Waals surface area contributed by atoms with Gasteiger partial charge in [0.25, 0.3) is 0 Å². The van der Waals surface area contributed by atoms with E-state index in [1.807, 2.05) is 24.3 Å². The van der Waals surface area contributed by atoms with Crippen LogP contribution < -0.4 is 4.74 Å². The van der Waals surface area contributed by atoms with E-state index >= 15 is 0 Å². The first-order valence-electron chi connectivity index (χ1n) is 7.27. The molecule has 2 aromatic carbocycles. The van der Waals surface area contributed by atoms with E-state index in [-0.39, 0.29) is 6.61 Å². The van der Waals surface area contributed by atoms with E-state index in [1.165, 1.54) is 0 Å². The third-order valence-corrected chi connectivity index (χ3v) is 4.14. The molecule has 3 rings (SSSR count). The monoisotopic (exact) mass is 298 g/mol. The van der Waals surface area contributed by atoms with Gasteiger partial charge in [0.15, 0.2) is 5.60 Å². The number of carbonyl (C=O) groups excluding carboxylic acids is 1. The first-order valence-corrected chi connectivity index (χ1v) is 7.27. The van der Waals surface area contributed by atoms with Crippen LogP contribution in [0.1, 0.15) is 25.0 Å². The number of fused-ring (bicyclic) bond motifs is 1. The zero-order chi connectivity index (χ0) is 15.8. The van der Waals surface area contributed by atoms with Gasteiger partial charge in [0, 0.05) is 5.56 Å². The fourth-order valence-corrected chi connectivity index (χ4v) is 2.97. The number of para-hydroxylation sites is 1. The summed E-state index contributed by atoms with van der Waals surface area (Å²) in [4.78, 5) is 12.5. The molecule has 22 heavy (non-hydrogen) atoms. The molecule has 0 amide bonds. The second kappa shape index (κ2) is 5.14. The molecule has 1 aliphatic heterocycles. The van der Waals surface area contributed by atoms with Crippen LogP contribution in [0, 0.1) is 0 Å². The summed E-state index contributed by atoms with van der Waals surface area (Å²) in [5.74, 6) is -0.0954. The predicted molar refractivity (Wildman–Crippen MR) is 81.5 cm³/mol. The van der Waals surface area contributed by atoms with E-state index in [0.29, 0.717) is 16.9 Å². The maximum atomic E-state index is 12.5. The minimum absolute atomic E-state index is 0.221. The first kappa shape index (κ1) is 14.6. The molecule has 1 heterocycles. The topological polar surface area (TPSA) is 55.8 Å². The highest BCUT2D eigenvalue weighted by molar-refractivity contribution is 5.85. The molecule has 4 heteroatoms. The average Bonchev–Trinajstić information content (AvgIpc) is 2.79. The highest BCUT2D eigenvalue weighted by atomic mass is 16.6. The van der Waals surface area contributed by atoms with Crippen LogP contribution in [0.3, 0.4) is 0 Å². The molecule has 0 saturated heterocycles. The summed E-state index contributed by atoms with van der Waals surface area (Å²) >= 11 is 0. The van der Waals surface area contributed by atoms with Crippen LogP contribution in [0.2, 0.25) is 0 Å². The molecule has 0 bridgehead atoms. The molecule has 114 valence electrons. The number of carbonyl (C=O) groups is 1. The van der Waals surface area contributed by atoms with Crippen LogP contribution in [0.5, 0.6) is 5.75 Å². The van der Waals surface area contributed by atoms with Gasteiger partial charge in [-0.1, -0.05) is 48.5 Å². The quantitative estimate of drug-likeness (QED) is 0.885.